The van der Waals surface area contributed by atoms with E-state index in [-0.39, 0.29) is 19.1 Å². The Morgan fingerprint density at radius 1 is 1.40 bits per heavy atom. The Bertz CT molecular complexity index is 544. The van der Waals surface area contributed by atoms with Crippen molar-refractivity contribution in [1.82, 2.24) is 4.90 Å². The number of anilines is 1. The van der Waals surface area contributed by atoms with Gasteiger partial charge in [-0.1, -0.05) is 6.07 Å². The molecule has 1 aromatic rings. The van der Waals surface area contributed by atoms with E-state index in [1.165, 1.54) is 4.90 Å². The third-order valence-electron chi connectivity index (χ3n) is 3.71. The fourth-order valence-electron chi connectivity index (χ4n) is 2.29. The smallest absolute Gasteiger partial charge is 0.311 e. The first-order valence-electron chi connectivity index (χ1n) is 6.35. The molecule has 108 valence electrons. The number of ether oxygens (including phenoxy) is 1. The van der Waals surface area contributed by atoms with Crippen LogP contribution in [0, 0.1) is 12.8 Å². The Morgan fingerprint density at radius 3 is 2.70 bits per heavy atom. The van der Waals surface area contributed by atoms with Crippen molar-refractivity contribution in [2.75, 3.05) is 26.0 Å². The number of nitrogens with zero attached hydrogens (tertiary/aromatic N) is 1. The zero-order valence-electron chi connectivity index (χ0n) is 11.5. The van der Waals surface area contributed by atoms with Gasteiger partial charge in [-0.05, 0) is 24.6 Å². The molecule has 2 unspecified atom stereocenters. The van der Waals surface area contributed by atoms with Crippen molar-refractivity contribution in [3.8, 4) is 0 Å². The van der Waals surface area contributed by atoms with Crippen molar-refractivity contribution in [3.05, 3.63) is 29.3 Å². The summed E-state index contributed by atoms with van der Waals surface area (Å²) in [5, 5.41) is 9.13. The molecule has 1 aliphatic heterocycles. The van der Waals surface area contributed by atoms with Gasteiger partial charge >= 0.3 is 5.97 Å². The number of carboxylic acids is 1. The number of rotatable bonds is 3. The van der Waals surface area contributed by atoms with Gasteiger partial charge in [-0.3, -0.25) is 9.59 Å². The second-order valence-corrected chi connectivity index (χ2v) is 5.04. The second kappa shape index (κ2) is 5.50. The lowest BCUT2D eigenvalue weighted by Crippen LogP contribution is -2.44. The summed E-state index contributed by atoms with van der Waals surface area (Å²) in [5.41, 5.74) is 7.69. The van der Waals surface area contributed by atoms with E-state index in [0.29, 0.717) is 11.3 Å². The van der Waals surface area contributed by atoms with Gasteiger partial charge in [0.25, 0.3) is 5.91 Å². The molecule has 1 saturated heterocycles. The number of nitrogens with two attached hydrogens (primary N) is 1. The van der Waals surface area contributed by atoms with Gasteiger partial charge in [0.15, 0.2) is 0 Å². The van der Waals surface area contributed by atoms with Gasteiger partial charge in [-0.15, -0.1) is 0 Å². The average Bonchev–Trinajstić information content (AvgIpc) is 2.89. The van der Waals surface area contributed by atoms with Gasteiger partial charge in [0.05, 0.1) is 19.3 Å². The standard InChI is InChI=1S/C14H18N2O4/c1-8-3-4-9(5-11(8)15)13(17)16(2)12-7-20-6-10(12)14(18)19/h3-5,10,12H,6-7,15H2,1-2H3,(H,18,19). The molecule has 0 spiro atoms. The maximum Gasteiger partial charge on any atom is 0.311 e. The lowest BCUT2D eigenvalue weighted by molar-refractivity contribution is -0.142. The number of hydrogen-bond donors (Lipinski definition) is 2. The third kappa shape index (κ3) is 2.60. The number of carboxylic acid groups (broad SMARTS) is 1. The molecule has 0 bridgehead atoms. The summed E-state index contributed by atoms with van der Waals surface area (Å²) in [5.74, 6) is -1.89. The molecule has 0 aromatic heterocycles. The van der Waals surface area contributed by atoms with Crippen LogP contribution in [-0.4, -0.2) is 48.2 Å². The molecular weight excluding hydrogens is 260 g/mol. The molecule has 1 amide bonds. The normalized spacial score (nSPS) is 21.7. The number of amides is 1. The predicted octanol–water partition coefficient (Wildman–Crippen LogP) is 0.749. The monoisotopic (exact) mass is 278 g/mol. The first kappa shape index (κ1) is 14.3. The molecule has 0 saturated carbocycles. The molecule has 0 radical (unpaired) electrons. The fraction of sp³-hybridized carbons (Fsp3) is 0.429. The first-order valence-corrected chi connectivity index (χ1v) is 6.35. The van der Waals surface area contributed by atoms with Crippen LogP contribution < -0.4 is 5.73 Å². The average molecular weight is 278 g/mol. The van der Waals surface area contributed by atoms with Crippen LogP contribution in [0.15, 0.2) is 18.2 Å². The summed E-state index contributed by atoms with van der Waals surface area (Å²) in [6.07, 6.45) is 0. The largest absolute Gasteiger partial charge is 0.481 e. The van der Waals surface area contributed by atoms with E-state index in [1.807, 2.05) is 6.92 Å². The number of benzene rings is 1. The van der Waals surface area contributed by atoms with Crippen LogP contribution in [-0.2, 0) is 9.53 Å². The molecule has 3 N–H and O–H groups in total. The summed E-state index contributed by atoms with van der Waals surface area (Å²) in [6, 6.07) is 4.62. The Hall–Kier alpha value is -2.08. The van der Waals surface area contributed by atoms with Crippen LogP contribution in [0.4, 0.5) is 5.69 Å². The first-order chi connectivity index (χ1) is 9.41. The van der Waals surface area contributed by atoms with Crippen LogP contribution in [0.3, 0.4) is 0 Å². The third-order valence-corrected chi connectivity index (χ3v) is 3.71. The van der Waals surface area contributed by atoms with Gasteiger partial charge in [-0.2, -0.15) is 0 Å². The van der Waals surface area contributed by atoms with Crippen LogP contribution in [0.1, 0.15) is 15.9 Å². The highest BCUT2D eigenvalue weighted by Gasteiger charge is 2.38. The molecule has 6 heteroatoms. The number of nitrogen functional groups attached to an aromatic ring is 1. The minimum absolute atomic E-state index is 0.133. The summed E-state index contributed by atoms with van der Waals surface area (Å²) >= 11 is 0. The van der Waals surface area contributed by atoms with Crippen LogP contribution >= 0.6 is 0 Å². The van der Waals surface area contributed by atoms with Gasteiger partial charge < -0.3 is 20.5 Å². The van der Waals surface area contributed by atoms with E-state index in [1.54, 1.807) is 25.2 Å². The molecule has 20 heavy (non-hydrogen) atoms. The second-order valence-electron chi connectivity index (χ2n) is 5.04. The summed E-state index contributed by atoms with van der Waals surface area (Å²) in [4.78, 5) is 24.9. The Labute approximate surface area is 117 Å². The minimum atomic E-state index is -0.949. The fourth-order valence-corrected chi connectivity index (χ4v) is 2.29. The highest BCUT2D eigenvalue weighted by atomic mass is 16.5. The zero-order valence-corrected chi connectivity index (χ0v) is 11.5. The molecule has 1 aromatic carbocycles. The molecule has 6 nitrogen and oxygen atoms in total. The summed E-state index contributed by atoms with van der Waals surface area (Å²) in [6.45, 7) is 2.23. The van der Waals surface area contributed by atoms with Gasteiger partial charge in [0.1, 0.15) is 5.92 Å². The van der Waals surface area contributed by atoms with E-state index in [0.717, 1.165) is 5.56 Å². The summed E-state index contributed by atoms with van der Waals surface area (Å²) in [7, 11) is 1.59. The van der Waals surface area contributed by atoms with E-state index >= 15 is 0 Å². The maximum atomic E-state index is 12.4. The van der Waals surface area contributed by atoms with Gasteiger partial charge in [0.2, 0.25) is 0 Å². The molecule has 1 aliphatic rings. The van der Waals surface area contributed by atoms with Crippen LogP contribution in [0.25, 0.3) is 0 Å². The van der Waals surface area contributed by atoms with Crippen molar-refractivity contribution in [1.29, 1.82) is 0 Å². The van der Waals surface area contributed by atoms with Crippen LogP contribution in [0.5, 0.6) is 0 Å². The lowest BCUT2D eigenvalue weighted by atomic mass is 10.0. The van der Waals surface area contributed by atoms with E-state index in [9.17, 15) is 9.59 Å². The van der Waals surface area contributed by atoms with Crippen LogP contribution in [0.2, 0.25) is 0 Å². The Balaban J connectivity index is 2.19. The zero-order chi connectivity index (χ0) is 14.9. The van der Waals surface area contributed by atoms with Gasteiger partial charge in [-0.25, -0.2) is 0 Å². The number of carbonyl (C=O) groups is 2. The number of aryl methyl sites for hydroxylation is 1. The molecule has 0 aliphatic carbocycles. The highest BCUT2D eigenvalue weighted by molar-refractivity contribution is 5.95. The molecule has 1 heterocycles. The van der Waals surface area contributed by atoms with E-state index < -0.39 is 17.9 Å². The minimum Gasteiger partial charge on any atom is -0.481 e. The van der Waals surface area contributed by atoms with E-state index in [4.69, 9.17) is 15.6 Å². The van der Waals surface area contributed by atoms with E-state index in [2.05, 4.69) is 0 Å². The van der Waals surface area contributed by atoms with Crippen molar-refractivity contribution >= 4 is 17.6 Å². The van der Waals surface area contributed by atoms with Gasteiger partial charge in [0, 0.05) is 18.3 Å². The number of carbonyl (C=O) groups excluding carboxylic acids is 1. The predicted molar refractivity (Wildman–Crippen MR) is 73.4 cm³/mol. The lowest BCUT2D eigenvalue weighted by Gasteiger charge is -2.26. The Morgan fingerprint density at radius 2 is 2.10 bits per heavy atom. The number of aliphatic carboxylic acids is 1. The number of hydrogen-bond acceptors (Lipinski definition) is 4. The van der Waals surface area contributed by atoms with Crippen molar-refractivity contribution in [3.63, 3.8) is 0 Å². The SMILES string of the molecule is Cc1ccc(C(=O)N(C)C2COCC2C(=O)O)cc1N. The summed E-state index contributed by atoms with van der Waals surface area (Å²) < 4.78 is 5.18. The topological polar surface area (TPSA) is 92.9 Å². The van der Waals surface area contributed by atoms with Crippen molar-refractivity contribution < 1.29 is 19.4 Å². The molecule has 2 rings (SSSR count). The molecule has 1 fully saturated rings. The highest BCUT2D eigenvalue weighted by Crippen LogP contribution is 2.22. The maximum absolute atomic E-state index is 12.4. The number of likely N-dealkylation sites (N-methyl/N-ethyl adjacent to an activating group) is 1. The molecular formula is C14H18N2O4. The van der Waals surface area contributed by atoms with Crippen molar-refractivity contribution in [2.24, 2.45) is 5.92 Å². The quantitative estimate of drug-likeness (QED) is 0.796. The Kier molecular flexibility index (Phi) is 3.94. The van der Waals surface area contributed by atoms with Crippen molar-refractivity contribution in [2.45, 2.75) is 13.0 Å². The molecule has 2 atom stereocenters.